The van der Waals surface area contributed by atoms with E-state index in [0.29, 0.717) is 16.9 Å². The number of nitrogens with one attached hydrogen (secondary N) is 1. The van der Waals surface area contributed by atoms with Gasteiger partial charge in [0.2, 0.25) is 0 Å². The van der Waals surface area contributed by atoms with Gasteiger partial charge >= 0.3 is 5.97 Å². The fraction of sp³-hybridized carbons (Fsp3) is 0.214. The van der Waals surface area contributed by atoms with Crippen molar-refractivity contribution in [1.82, 2.24) is 9.78 Å². The third-order valence-corrected chi connectivity index (χ3v) is 2.84. The van der Waals surface area contributed by atoms with Crippen LogP contribution in [0.1, 0.15) is 21.7 Å². The zero-order valence-electron chi connectivity index (χ0n) is 11.3. The van der Waals surface area contributed by atoms with Gasteiger partial charge in [0, 0.05) is 12.7 Å². The number of aryl methyl sites for hydroxylation is 2. The number of para-hydroxylation sites is 1. The second kappa shape index (κ2) is 5.56. The first-order chi connectivity index (χ1) is 9.47. The molecular formula is C14H15N3O3. The van der Waals surface area contributed by atoms with Crippen LogP contribution in [0, 0.1) is 6.92 Å². The minimum absolute atomic E-state index is 0.138. The van der Waals surface area contributed by atoms with E-state index < -0.39 is 5.97 Å². The van der Waals surface area contributed by atoms with Crippen molar-refractivity contribution in [3.8, 4) is 0 Å². The highest BCUT2D eigenvalue weighted by Gasteiger charge is 2.14. The molecule has 2 aromatic rings. The van der Waals surface area contributed by atoms with Crippen LogP contribution in [0.15, 0.2) is 30.3 Å². The van der Waals surface area contributed by atoms with Gasteiger partial charge in [-0.15, -0.1) is 0 Å². The summed E-state index contributed by atoms with van der Waals surface area (Å²) in [5.41, 5.74) is 2.23. The van der Waals surface area contributed by atoms with Crippen LogP contribution in [0.3, 0.4) is 0 Å². The standard InChI is InChI=1S/C14H15N3O3/c1-9-7-12(17(2)16-9)14(20)15-11-6-4-3-5-10(11)8-13(18)19/h3-7H,8H2,1-2H3,(H,15,20)(H,18,19). The quantitative estimate of drug-likeness (QED) is 0.886. The number of anilines is 1. The van der Waals surface area contributed by atoms with Gasteiger partial charge < -0.3 is 10.4 Å². The van der Waals surface area contributed by atoms with E-state index in [4.69, 9.17) is 5.11 Å². The molecule has 0 saturated heterocycles. The summed E-state index contributed by atoms with van der Waals surface area (Å²) in [5.74, 6) is -1.26. The lowest BCUT2D eigenvalue weighted by atomic mass is 10.1. The molecule has 0 atom stereocenters. The van der Waals surface area contributed by atoms with Gasteiger partial charge in [0.05, 0.1) is 12.1 Å². The van der Waals surface area contributed by atoms with E-state index in [2.05, 4.69) is 10.4 Å². The molecule has 0 radical (unpaired) electrons. The fourth-order valence-corrected chi connectivity index (χ4v) is 1.97. The molecule has 20 heavy (non-hydrogen) atoms. The normalized spacial score (nSPS) is 10.3. The van der Waals surface area contributed by atoms with Crippen molar-refractivity contribution in [2.45, 2.75) is 13.3 Å². The van der Waals surface area contributed by atoms with Crippen LogP contribution < -0.4 is 5.32 Å². The Bertz CT molecular complexity index is 661. The van der Waals surface area contributed by atoms with E-state index >= 15 is 0 Å². The van der Waals surface area contributed by atoms with Gasteiger partial charge in [-0.05, 0) is 24.6 Å². The number of carbonyl (C=O) groups excluding carboxylic acids is 1. The van der Waals surface area contributed by atoms with Crippen LogP contribution in [0.2, 0.25) is 0 Å². The zero-order valence-corrected chi connectivity index (χ0v) is 11.3. The molecule has 1 heterocycles. The maximum atomic E-state index is 12.2. The number of rotatable bonds is 4. The average molecular weight is 273 g/mol. The Labute approximate surface area is 116 Å². The lowest BCUT2D eigenvalue weighted by molar-refractivity contribution is -0.136. The maximum Gasteiger partial charge on any atom is 0.307 e. The second-order valence-electron chi connectivity index (χ2n) is 4.48. The summed E-state index contributed by atoms with van der Waals surface area (Å²) in [6.07, 6.45) is -0.138. The largest absolute Gasteiger partial charge is 0.481 e. The van der Waals surface area contributed by atoms with Crippen LogP contribution in [-0.4, -0.2) is 26.8 Å². The SMILES string of the molecule is Cc1cc(C(=O)Nc2ccccc2CC(=O)O)n(C)n1. The molecule has 2 rings (SSSR count). The summed E-state index contributed by atoms with van der Waals surface area (Å²) >= 11 is 0. The molecule has 6 heteroatoms. The number of aromatic nitrogens is 2. The number of hydrogen-bond acceptors (Lipinski definition) is 3. The lowest BCUT2D eigenvalue weighted by Crippen LogP contribution is -2.17. The van der Waals surface area contributed by atoms with E-state index in [1.54, 1.807) is 44.3 Å². The van der Waals surface area contributed by atoms with Gasteiger partial charge in [0.25, 0.3) is 5.91 Å². The van der Waals surface area contributed by atoms with Gasteiger partial charge in [-0.2, -0.15) is 5.10 Å². The Balaban J connectivity index is 2.24. The molecule has 0 aliphatic heterocycles. The van der Waals surface area contributed by atoms with Crippen molar-refractivity contribution in [1.29, 1.82) is 0 Å². The minimum atomic E-state index is -0.942. The molecule has 104 valence electrons. The van der Waals surface area contributed by atoms with Crippen LogP contribution in [-0.2, 0) is 18.3 Å². The predicted octanol–water partition coefficient (Wildman–Crippen LogP) is 1.61. The van der Waals surface area contributed by atoms with Gasteiger partial charge in [-0.3, -0.25) is 14.3 Å². The lowest BCUT2D eigenvalue weighted by Gasteiger charge is -2.09. The van der Waals surface area contributed by atoms with E-state index in [-0.39, 0.29) is 12.3 Å². The van der Waals surface area contributed by atoms with Crippen molar-refractivity contribution in [2.24, 2.45) is 7.05 Å². The number of aliphatic carboxylic acids is 1. The molecule has 0 spiro atoms. The fourth-order valence-electron chi connectivity index (χ4n) is 1.97. The van der Waals surface area contributed by atoms with Crippen molar-refractivity contribution >= 4 is 17.6 Å². The molecule has 6 nitrogen and oxygen atoms in total. The Kier molecular flexibility index (Phi) is 3.84. The highest BCUT2D eigenvalue weighted by molar-refractivity contribution is 6.03. The number of hydrogen-bond donors (Lipinski definition) is 2. The van der Waals surface area contributed by atoms with Crippen LogP contribution >= 0.6 is 0 Å². The van der Waals surface area contributed by atoms with Crippen molar-refractivity contribution in [3.05, 3.63) is 47.3 Å². The van der Waals surface area contributed by atoms with E-state index in [0.717, 1.165) is 5.69 Å². The second-order valence-corrected chi connectivity index (χ2v) is 4.48. The first-order valence-corrected chi connectivity index (χ1v) is 6.09. The van der Waals surface area contributed by atoms with E-state index in [1.807, 2.05) is 0 Å². The highest BCUT2D eigenvalue weighted by Crippen LogP contribution is 2.17. The van der Waals surface area contributed by atoms with Gasteiger partial charge in [0.1, 0.15) is 5.69 Å². The molecule has 1 aromatic carbocycles. The van der Waals surface area contributed by atoms with Crippen molar-refractivity contribution < 1.29 is 14.7 Å². The van der Waals surface area contributed by atoms with Crippen molar-refractivity contribution in [2.75, 3.05) is 5.32 Å². The third kappa shape index (κ3) is 3.03. The molecule has 0 aliphatic carbocycles. The predicted molar refractivity (Wildman–Crippen MR) is 73.7 cm³/mol. The summed E-state index contributed by atoms with van der Waals surface area (Å²) in [6, 6.07) is 8.52. The Morgan fingerprint density at radius 1 is 1.35 bits per heavy atom. The first-order valence-electron chi connectivity index (χ1n) is 6.09. The van der Waals surface area contributed by atoms with Gasteiger partial charge in [0.15, 0.2) is 0 Å². The number of nitrogens with zero attached hydrogens (tertiary/aromatic N) is 2. The van der Waals surface area contributed by atoms with Gasteiger partial charge in [-0.25, -0.2) is 0 Å². The summed E-state index contributed by atoms with van der Waals surface area (Å²) in [6.45, 7) is 1.80. The molecule has 0 aliphatic rings. The molecule has 0 saturated carbocycles. The third-order valence-electron chi connectivity index (χ3n) is 2.84. The minimum Gasteiger partial charge on any atom is -0.481 e. The van der Waals surface area contributed by atoms with E-state index in [1.165, 1.54) is 4.68 Å². The molecule has 1 aromatic heterocycles. The van der Waals surface area contributed by atoms with Gasteiger partial charge in [-0.1, -0.05) is 18.2 Å². The molecule has 0 bridgehead atoms. The Hall–Kier alpha value is -2.63. The van der Waals surface area contributed by atoms with Crippen molar-refractivity contribution in [3.63, 3.8) is 0 Å². The monoisotopic (exact) mass is 273 g/mol. The van der Waals surface area contributed by atoms with Crippen LogP contribution in [0.25, 0.3) is 0 Å². The number of amides is 1. The van der Waals surface area contributed by atoms with Crippen LogP contribution in [0.4, 0.5) is 5.69 Å². The smallest absolute Gasteiger partial charge is 0.307 e. The first kappa shape index (κ1) is 13.8. The molecular weight excluding hydrogens is 258 g/mol. The molecule has 2 N–H and O–H groups in total. The topological polar surface area (TPSA) is 84.2 Å². The van der Waals surface area contributed by atoms with Crippen LogP contribution in [0.5, 0.6) is 0 Å². The Morgan fingerprint density at radius 3 is 2.65 bits per heavy atom. The highest BCUT2D eigenvalue weighted by atomic mass is 16.4. The molecule has 0 fully saturated rings. The summed E-state index contributed by atoms with van der Waals surface area (Å²) < 4.78 is 1.49. The van der Waals surface area contributed by atoms with E-state index in [9.17, 15) is 9.59 Å². The average Bonchev–Trinajstić information content (AvgIpc) is 2.70. The number of benzene rings is 1. The number of carbonyl (C=O) groups is 2. The molecule has 0 unspecified atom stereocenters. The number of carboxylic acids is 1. The zero-order chi connectivity index (χ0) is 14.7. The summed E-state index contributed by atoms with van der Waals surface area (Å²) in [5, 5.41) is 15.7. The summed E-state index contributed by atoms with van der Waals surface area (Å²) in [4.78, 5) is 23.0. The summed E-state index contributed by atoms with van der Waals surface area (Å²) in [7, 11) is 1.69. The Morgan fingerprint density at radius 2 is 2.05 bits per heavy atom. The molecule has 1 amide bonds. The number of carboxylic acid groups (broad SMARTS) is 1. The maximum absolute atomic E-state index is 12.2.